The van der Waals surface area contributed by atoms with Crippen molar-refractivity contribution >= 4 is 5.95 Å². The van der Waals surface area contributed by atoms with Crippen LogP contribution in [0.2, 0.25) is 0 Å². The normalized spacial score (nSPS) is 14.0. The van der Waals surface area contributed by atoms with Crippen molar-refractivity contribution in [2.45, 2.75) is 39.8 Å². The zero-order valence-corrected chi connectivity index (χ0v) is 13.6. The molecule has 1 heterocycles. The molecule has 0 spiro atoms. The van der Waals surface area contributed by atoms with Crippen LogP contribution in [0.3, 0.4) is 0 Å². The van der Waals surface area contributed by atoms with Gasteiger partial charge in [0, 0.05) is 19.3 Å². The maximum Gasteiger partial charge on any atom is 0.203 e. The second-order valence-electron chi connectivity index (χ2n) is 5.65. The molecule has 4 nitrogen and oxygen atoms in total. The van der Waals surface area contributed by atoms with Gasteiger partial charge in [0.25, 0.3) is 0 Å². The number of hydrogen-bond acceptors (Lipinski definition) is 3. The fourth-order valence-electron chi connectivity index (χ4n) is 2.64. The summed E-state index contributed by atoms with van der Waals surface area (Å²) in [6.07, 6.45) is 2.10. The van der Waals surface area contributed by atoms with Crippen LogP contribution in [0.1, 0.15) is 36.7 Å². The Morgan fingerprint density at radius 2 is 1.95 bits per heavy atom. The van der Waals surface area contributed by atoms with Gasteiger partial charge in [0.05, 0.1) is 18.3 Å². The summed E-state index contributed by atoms with van der Waals surface area (Å²) in [5.74, 6) is 0.896. The summed E-state index contributed by atoms with van der Waals surface area (Å²) in [7, 11) is 1.71. The molecule has 0 amide bonds. The SMILES string of the molecule is COCC(C)Nc1nc(C)cn1C(C)c1ccccc1C. The first-order chi connectivity index (χ1) is 10.0. The zero-order chi connectivity index (χ0) is 15.4. The van der Waals surface area contributed by atoms with E-state index < -0.39 is 0 Å². The summed E-state index contributed by atoms with van der Waals surface area (Å²) in [6, 6.07) is 8.95. The maximum absolute atomic E-state index is 5.19. The number of nitrogens with one attached hydrogen (secondary N) is 1. The molecule has 2 unspecified atom stereocenters. The van der Waals surface area contributed by atoms with Crippen LogP contribution in [0, 0.1) is 13.8 Å². The van der Waals surface area contributed by atoms with E-state index in [0.29, 0.717) is 6.61 Å². The van der Waals surface area contributed by atoms with Crippen LogP contribution in [-0.2, 0) is 4.74 Å². The second kappa shape index (κ2) is 6.76. The Balaban J connectivity index is 2.29. The van der Waals surface area contributed by atoms with Crippen LogP contribution in [0.4, 0.5) is 5.95 Å². The molecule has 1 aromatic heterocycles. The van der Waals surface area contributed by atoms with Crippen molar-refractivity contribution in [3.05, 3.63) is 47.3 Å². The van der Waals surface area contributed by atoms with E-state index in [-0.39, 0.29) is 12.1 Å². The van der Waals surface area contributed by atoms with Crippen LogP contribution in [0.5, 0.6) is 0 Å². The summed E-state index contributed by atoms with van der Waals surface area (Å²) < 4.78 is 7.39. The number of nitrogens with zero attached hydrogens (tertiary/aromatic N) is 2. The predicted molar refractivity (Wildman–Crippen MR) is 86.9 cm³/mol. The molecular formula is C17H25N3O. The Bertz CT molecular complexity index is 591. The fraction of sp³-hybridized carbons (Fsp3) is 0.471. The lowest BCUT2D eigenvalue weighted by molar-refractivity contribution is 0.190. The highest BCUT2D eigenvalue weighted by Crippen LogP contribution is 2.25. The lowest BCUT2D eigenvalue weighted by atomic mass is 10.0. The van der Waals surface area contributed by atoms with E-state index in [1.54, 1.807) is 7.11 Å². The summed E-state index contributed by atoms with van der Waals surface area (Å²) in [5, 5.41) is 3.43. The third-order valence-electron chi connectivity index (χ3n) is 3.70. The van der Waals surface area contributed by atoms with Crippen molar-refractivity contribution in [3.8, 4) is 0 Å². The second-order valence-corrected chi connectivity index (χ2v) is 5.65. The van der Waals surface area contributed by atoms with E-state index in [1.165, 1.54) is 11.1 Å². The van der Waals surface area contributed by atoms with Crippen LogP contribution in [0.25, 0.3) is 0 Å². The van der Waals surface area contributed by atoms with Gasteiger partial charge in [-0.1, -0.05) is 24.3 Å². The average Bonchev–Trinajstić information content (AvgIpc) is 2.79. The van der Waals surface area contributed by atoms with Gasteiger partial charge in [-0.25, -0.2) is 4.98 Å². The predicted octanol–water partition coefficient (Wildman–Crippen LogP) is 3.56. The van der Waals surface area contributed by atoms with Crippen molar-refractivity contribution in [2.24, 2.45) is 0 Å². The van der Waals surface area contributed by atoms with Gasteiger partial charge in [0.2, 0.25) is 5.95 Å². The van der Waals surface area contributed by atoms with Crippen molar-refractivity contribution < 1.29 is 4.74 Å². The first-order valence-electron chi connectivity index (χ1n) is 7.39. The molecule has 1 N–H and O–H groups in total. The van der Waals surface area contributed by atoms with Gasteiger partial charge in [-0.2, -0.15) is 0 Å². The molecule has 0 fully saturated rings. The van der Waals surface area contributed by atoms with Crippen LogP contribution in [0.15, 0.2) is 30.5 Å². The molecule has 0 radical (unpaired) electrons. The van der Waals surface area contributed by atoms with Gasteiger partial charge in [-0.3, -0.25) is 0 Å². The zero-order valence-electron chi connectivity index (χ0n) is 13.6. The summed E-state index contributed by atoms with van der Waals surface area (Å²) in [6.45, 7) is 9.13. The molecule has 114 valence electrons. The molecule has 0 saturated carbocycles. The number of rotatable bonds is 6. The minimum Gasteiger partial charge on any atom is -0.383 e. The van der Waals surface area contributed by atoms with E-state index in [4.69, 9.17) is 4.74 Å². The quantitative estimate of drug-likeness (QED) is 0.883. The van der Waals surface area contributed by atoms with Crippen LogP contribution in [-0.4, -0.2) is 29.3 Å². The standard InChI is InChI=1S/C17H25N3O/c1-12-8-6-7-9-16(12)15(4)20-10-13(2)18-17(20)19-14(3)11-21-5/h6-10,14-15H,11H2,1-5H3,(H,18,19). The van der Waals surface area contributed by atoms with Gasteiger partial charge in [-0.05, 0) is 38.8 Å². The Kier molecular flexibility index (Phi) is 5.02. The third-order valence-corrected chi connectivity index (χ3v) is 3.70. The average molecular weight is 287 g/mol. The number of anilines is 1. The summed E-state index contributed by atoms with van der Waals surface area (Å²) in [4.78, 5) is 4.61. The molecule has 4 heteroatoms. The number of aryl methyl sites for hydroxylation is 2. The first kappa shape index (κ1) is 15.6. The van der Waals surface area contributed by atoms with E-state index >= 15 is 0 Å². The molecule has 0 saturated heterocycles. The van der Waals surface area contributed by atoms with Gasteiger partial charge >= 0.3 is 0 Å². The van der Waals surface area contributed by atoms with E-state index in [1.807, 2.05) is 6.92 Å². The van der Waals surface area contributed by atoms with Gasteiger partial charge in [0.1, 0.15) is 0 Å². The molecule has 2 aromatic rings. The van der Waals surface area contributed by atoms with E-state index in [9.17, 15) is 0 Å². The summed E-state index contributed by atoms with van der Waals surface area (Å²) in [5.41, 5.74) is 3.63. The highest BCUT2D eigenvalue weighted by atomic mass is 16.5. The number of benzene rings is 1. The Labute approximate surface area is 127 Å². The molecule has 2 rings (SSSR count). The van der Waals surface area contributed by atoms with Crippen LogP contribution < -0.4 is 5.32 Å². The molecule has 2 atom stereocenters. The van der Waals surface area contributed by atoms with Crippen LogP contribution >= 0.6 is 0 Å². The Hall–Kier alpha value is -1.81. The van der Waals surface area contributed by atoms with E-state index in [2.05, 4.69) is 66.1 Å². The van der Waals surface area contributed by atoms with Gasteiger partial charge < -0.3 is 14.6 Å². The molecule has 0 aliphatic heterocycles. The third kappa shape index (κ3) is 3.64. The maximum atomic E-state index is 5.19. The van der Waals surface area contributed by atoms with Crippen molar-refractivity contribution in [3.63, 3.8) is 0 Å². The minimum atomic E-state index is 0.222. The smallest absolute Gasteiger partial charge is 0.203 e. The topological polar surface area (TPSA) is 39.1 Å². The minimum absolute atomic E-state index is 0.222. The summed E-state index contributed by atoms with van der Waals surface area (Å²) >= 11 is 0. The lowest BCUT2D eigenvalue weighted by Crippen LogP contribution is -2.24. The molecule has 21 heavy (non-hydrogen) atoms. The van der Waals surface area contributed by atoms with E-state index in [0.717, 1.165) is 11.6 Å². The molecular weight excluding hydrogens is 262 g/mol. The number of methoxy groups -OCH3 is 1. The number of imidazole rings is 1. The number of hydrogen-bond donors (Lipinski definition) is 1. The molecule has 0 bridgehead atoms. The molecule has 0 aliphatic carbocycles. The highest BCUT2D eigenvalue weighted by Gasteiger charge is 2.16. The Morgan fingerprint density at radius 1 is 1.24 bits per heavy atom. The largest absolute Gasteiger partial charge is 0.383 e. The van der Waals surface area contributed by atoms with Gasteiger partial charge in [-0.15, -0.1) is 0 Å². The highest BCUT2D eigenvalue weighted by molar-refractivity contribution is 5.36. The van der Waals surface area contributed by atoms with Crippen molar-refractivity contribution in [2.75, 3.05) is 19.0 Å². The molecule has 1 aromatic carbocycles. The first-order valence-corrected chi connectivity index (χ1v) is 7.39. The van der Waals surface area contributed by atoms with Crippen molar-refractivity contribution in [1.29, 1.82) is 0 Å². The van der Waals surface area contributed by atoms with Gasteiger partial charge in [0.15, 0.2) is 0 Å². The number of ether oxygens (including phenoxy) is 1. The number of aromatic nitrogens is 2. The van der Waals surface area contributed by atoms with Crippen molar-refractivity contribution in [1.82, 2.24) is 9.55 Å². The fourth-order valence-corrected chi connectivity index (χ4v) is 2.64. The Morgan fingerprint density at radius 3 is 2.62 bits per heavy atom. The lowest BCUT2D eigenvalue weighted by Gasteiger charge is -2.21. The monoisotopic (exact) mass is 287 g/mol. The molecule has 0 aliphatic rings.